The van der Waals surface area contributed by atoms with Gasteiger partial charge in [0, 0.05) is 24.0 Å². The van der Waals surface area contributed by atoms with E-state index in [4.69, 9.17) is 0 Å². The van der Waals surface area contributed by atoms with Crippen molar-refractivity contribution in [3.05, 3.63) is 22.4 Å². The van der Waals surface area contributed by atoms with Gasteiger partial charge in [-0.25, -0.2) is 9.69 Å². The first-order chi connectivity index (χ1) is 10.1. The molecule has 2 aliphatic rings. The maximum absolute atomic E-state index is 12.1. The molecule has 3 rings (SSSR count). The lowest BCUT2D eigenvalue weighted by Crippen LogP contribution is -2.42. The molecule has 2 saturated heterocycles. The van der Waals surface area contributed by atoms with Crippen LogP contribution in [-0.2, 0) is 9.59 Å². The molecule has 0 unspecified atom stereocenters. The van der Waals surface area contributed by atoms with Crippen LogP contribution in [0.3, 0.4) is 0 Å². The summed E-state index contributed by atoms with van der Waals surface area (Å²) < 4.78 is 0. The van der Waals surface area contributed by atoms with Crippen molar-refractivity contribution in [1.29, 1.82) is 0 Å². The van der Waals surface area contributed by atoms with Gasteiger partial charge >= 0.3 is 17.8 Å². The summed E-state index contributed by atoms with van der Waals surface area (Å²) in [5.41, 5.74) is 0. The second-order valence-corrected chi connectivity index (χ2v) is 6.17. The lowest BCUT2D eigenvalue weighted by atomic mass is 10.2. The molecule has 0 radical (unpaired) electrons. The van der Waals surface area contributed by atoms with Gasteiger partial charge < -0.3 is 0 Å². The van der Waals surface area contributed by atoms with Crippen LogP contribution < -0.4 is 0 Å². The first-order valence-electron chi connectivity index (χ1n) is 7.08. The van der Waals surface area contributed by atoms with Gasteiger partial charge in [0.1, 0.15) is 0 Å². The number of carbonyl (C=O) groups is 3. The molecule has 0 N–H and O–H groups in total. The van der Waals surface area contributed by atoms with Crippen molar-refractivity contribution in [2.75, 3.05) is 19.8 Å². The number of thiophene rings is 1. The standard InChI is InChI=1S/C14H17N3O3S/c1-2-16-12(18)13(19)17(14(16)20)9-15-7-3-5-10(15)11-6-4-8-21-11/h4,6,8,10H,2-3,5,7,9H2,1H3/t10-/m0/s1. The maximum atomic E-state index is 12.1. The largest absolute Gasteiger partial charge is 0.335 e. The fourth-order valence-electron chi connectivity index (χ4n) is 2.93. The van der Waals surface area contributed by atoms with Gasteiger partial charge in [0.15, 0.2) is 0 Å². The summed E-state index contributed by atoms with van der Waals surface area (Å²) in [5, 5.41) is 2.03. The van der Waals surface area contributed by atoms with Crippen molar-refractivity contribution in [2.45, 2.75) is 25.8 Å². The van der Waals surface area contributed by atoms with E-state index >= 15 is 0 Å². The zero-order valence-electron chi connectivity index (χ0n) is 11.8. The van der Waals surface area contributed by atoms with Gasteiger partial charge in [-0.15, -0.1) is 11.3 Å². The smallest absolute Gasteiger partial charge is 0.278 e. The minimum atomic E-state index is -0.714. The zero-order chi connectivity index (χ0) is 15.0. The normalized spacial score (nSPS) is 23.7. The van der Waals surface area contributed by atoms with Gasteiger partial charge in [0.25, 0.3) is 0 Å². The molecule has 0 saturated carbocycles. The van der Waals surface area contributed by atoms with Crippen LogP contribution in [0.1, 0.15) is 30.7 Å². The molecule has 7 heteroatoms. The van der Waals surface area contributed by atoms with Gasteiger partial charge in [-0.3, -0.25) is 19.4 Å². The topological polar surface area (TPSA) is 60.9 Å². The summed E-state index contributed by atoms with van der Waals surface area (Å²) in [5.74, 6) is -1.42. The Morgan fingerprint density at radius 1 is 1.24 bits per heavy atom. The number of urea groups is 1. The quantitative estimate of drug-likeness (QED) is 0.627. The van der Waals surface area contributed by atoms with E-state index in [1.54, 1.807) is 18.3 Å². The third-order valence-corrected chi connectivity index (χ3v) is 4.98. The molecule has 0 bridgehead atoms. The van der Waals surface area contributed by atoms with Crippen molar-refractivity contribution < 1.29 is 14.4 Å². The number of nitrogens with zero attached hydrogens (tertiary/aromatic N) is 3. The predicted octanol–water partition coefficient (Wildman–Crippen LogP) is 1.65. The first kappa shape index (κ1) is 14.2. The van der Waals surface area contributed by atoms with Gasteiger partial charge in [-0.1, -0.05) is 6.07 Å². The summed E-state index contributed by atoms with van der Waals surface area (Å²) in [7, 11) is 0. The van der Waals surface area contributed by atoms with Crippen molar-refractivity contribution in [1.82, 2.24) is 14.7 Å². The molecule has 1 atom stereocenters. The lowest BCUT2D eigenvalue weighted by molar-refractivity contribution is -0.143. The highest BCUT2D eigenvalue weighted by molar-refractivity contribution is 7.10. The predicted molar refractivity (Wildman–Crippen MR) is 77.5 cm³/mol. The highest BCUT2D eigenvalue weighted by atomic mass is 32.1. The number of imide groups is 2. The SMILES string of the molecule is CCN1C(=O)C(=O)N(CN2CCC[C@H]2c2cccs2)C1=O. The second kappa shape index (κ2) is 5.57. The highest BCUT2D eigenvalue weighted by Gasteiger charge is 2.45. The molecule has 6 nitrogen and oxygen atoms in total. The Hall–Kier alpha value is -1.73. The molecule has 1 aromatic rings. The molecule has 2 fully saturated rings. The van der Waals surface area contributed by atoms with E-state index < -0.39 is 17.8 Å². The summed E-state index contributed by atoms with van der Waals surface area (Å²) in [6.45, 7) is 2.95. The molecular weight excluding hydrogens is 290 g/mol. The van der Waals surface area contributed by atoms with E-state index in [-0.39, 0.29) is 19.3 Å². The van der Waals surface area contributed by atoms with Crippen LogP contribution in [0, 0.1) is 0 Å². The molecule has 0 aromatic carbocycles. The molecule has 3 heterocycles. The Labute approximate surface area is 126 Å². The maximum Gasteiger partial charge on any atom is 0.335 e. The Bertz CT molecular complexity index is 572. The summed E-state index contributed by atoms with van der Waals surface area (Å²) >= 11 is 1.68. The van der Waals surface area contributed by atoms with Crippen LogP contribution in [0.15, 0.2) is 17.5 Å². The number of carbonyl (C=O) groups excluding carboxylic acids is 3. The van der Waals surface area contributed by atoms with Gasteiger partial charge in [0.05, 0.1) is 6.67 Å². The van der Waals surface area contributed by atoms with Crippen LogP contribution in [0.2, 0.25) is 0 Å². The van der Waals surface area contributed by atoms with E-state index in [2.05, 4.69) is 11.0 Å². The van der Waals surface area contributed by atoms with Crippen LogP contribution in [-0.4, -0.2) is 52.3 Å². The minimum Gasteiger partial charge on any atom is -0.278 e. The molecule has 1 aromatic heterocycles. The van der Waals surface area contributed by atoms with Crippen molar-refractivity contribution in [3.8, 4) is 0 Å². The first-order valence-corrected chi connectivity index (χ1v) is 7.96. The number of hydrogen-bond acceptors (Lipinski definition) is 5. The molecule has 21 heavy (non-hydrogen) atoms. The Morgan fingerprint density at radius 2 is 2.00 bits per heavy atom. The van der Waals surface area contributed by atoms with Crippen molar-refractivity contribution >= 4 is 29.2 Å². The lowest BCUT2D eigenvalue weighted by Gasteiger charge is -2.27. The van der Waals surface area contributed by atoms with Crippen molar-refractivity contribution in [3.63, 3.8) is 0 Å². The number of amides is 4. The average molecular weight is 307 g/mol. The van der Waals surface area contributed by atoms with Crippen LogP contribution in [0.25, 0.3) is 0 Å². The Balaban J connectivity index is 1.75. The number of hydrogen-bond donors (Lipinski definition) is 0. The van der Waals surface area contributed by atoms with E-state index in [1.165, 1.54) is 4.88 Å². The van der Waals surface area contributed by atoms with Gasteiger partial charge in [-0.2, -0.15) is 0 Å². The molecular formula is C14H17N3O3S. The summed E-state index contributed by atoms with van der Waals surface area (Å²) in [6.07, 6.45) is 2.05. The Morgan fingerprint density at radius 3 is 2.62 bits per heavy atom. The van der Waals surface area contributed by atoms with Crippen LogP contribution in [0.5, 0.6) is 0 Å². The van der Waals surface area contributed by atoms with E-state index in [0.29, 0.717) is 0 Å². The van der Waals surface area contributed by atoms with E-state index in [1.807, 2.05) is 11.4 Å². The number of likely N-dealkylation sites (N-methyl/N-ethyl adjacent to an activating group) is 1. The Kier molecular flexibility index (Phi) is 3.77. The molecule has 0 aliphatic carbocycles. The van der Waals surface area contributed by atoms with Gasteiger partial charge in [0.2, 0.25) is 0 Å². The third kappa shape index (κ3) is 2.36. The van der Waals surface area contributed by atoms with Crippen LogP contribution in [0.4, 0.5) is 4.79 Å². The number of rotatable bonds is 4. The minimum absolute atomic E-state index is 0.197. The second-order valence-electron chi connectivity index (χ2n) is 5.19. The van der Waals surface area contributed by atoms with Crippen molar-refractivity contribution in [2.24, 2.45) is 0 Å². The molecule has 112 valence electrons. The fraction of sp³-hybridized carbons (Fsp3) is 0.500. The monoisotopic (exact) mass is 307 g/mol. The molecule has 2 aliphatic heterocycles. The van der Waals surface area contributed by atoms with Gasteiger partial charge in [-0.05, 0) is 31.2 Å². The zero-order valence-corrected chi connectivity index (χ0v) is 12.6. The fourth-order valence-corrected chi connectivity index (χ4v) is 3.83. The average Bonchev–Trinajstić information content (AvgIpc) is 3.17. The molecule has 0 spiro atoms. The van der Waals surface area contributed by atoms with E-state index in [0.717, 1.165) is 29.2 Å². The number of likely N-dealkylation sites (tertiary alicyclic amines) is 1. The summed E-state index contributed by atoms with van der Waals surface area (Å²) in [6, 6.07) is 3.82. The summed E-state index contributed by atoms with van der Waals surface area (Å²) in [4.78, 5) is 41.2. The highest BCUT2D eigenvalue weighted by Crippen LogP contribution is 2.34. The van der Waals surface area contributed by atoms with E-state index in [9.17, 15) is 14.4 Å². The van der Waals surface area contributed by atoms with Crippen LogP contribution >= 0.6 is 11.3 Å². The molecule has 4 amide bonds. The third-order valence-electron chi connectivity index (χ3n) is 4.01.